The number of carbonyl (C=O) groups excluding carboxylic acids is 2. The molecule has 0 aliphatic carbocycles. The van der Waals surface area contributed by atoms with Gasteiger partial charge in [0.2, 0.25) is 11.7 Å². The molecular formula is C17H16N4O3. The second-order valence-electron chi connectivity index (χ2n) is 5.35. The molecule has 3 rings (SSSR count). The zero-order valence-electron chi connectivity index (χ0n) is 13.3. The zero-order valence-corrected chi connectivity index (χ0v) is 13.3. The molecule has 7 nitrogen and oxygen atoms in total. The fourth-order valence-electron chi connectivity index (χ4n) is 2.25. The van der Waals surface area contributed by atoms with Crippen molar-refractivity contribution in [3.8, 4) is 11.4 Å². The number of amides is 1. The monoisotopic (exact) mass is 324 g/mol. The van der Waals surface area contributed by atoms with E-state index in [1.54, 1.807) is 36.9 Å². The van der Waals surface area contributed by atoms with Gasteiger partial charge in [-0.1, -0.05) is 35.5 Å². The topological polar surface area (TPSA) is 90.0 Å². The molecule has 1 atom stereocenters. The van der Waals surface area contributed by atoms with Gasteiger partial charge in [-0.05, 0) is 19.1 Å². The molecule has 2 heterocycles. The van der Waals surface area contributed by atoms with Crippen molar-refractivity contribution in [3.63, 3.8) is 0 Å². The van der Waals surface area contributed by atoms with Crippen molar-refractivity contribution in [2.24, 2.45) is 7.05 Å². The first-order valence-corrected chi connectivity index (χ1v) is 7.42. The van der Waals surface area contributed by atoms with E-state index in [1.807, 2.05) is 30.3 Å². The Hall–Kier alpha value is -3.22. The molecule has 0 spiro atoms. The number of nitrogens with one attached hydrogen (secondary N) is 1. The van der Waals surface area contributed by atoms with Crippen LogP contribution >= 0.6 is 0 Å². The Morgan fingerprint density at radius 1 is 1.17 bits per heavy atom. The van der Waals surface area contributed by atoms with Gasteiger partial charge < -0.3 is 14.4 Å². The number of carbonyl (C=O) groups is 2. The predicted molar refractivity (Wildman–Crippen MR) is 86.0 cm³/mol. The lowest BCUT2D eigenvalue weighted by Gasteiger charge is -2.09. The van der Waals surface area contributed by atoms with E-state index in [2.05, 4.69) is 15.5 Å². The minimum absolute atomic E-state index is 0.238. The van der Waals surface area contributed by atoms with E-state index >= 15 is 0 Å². The molecule has 122 valence electrons. The number of aromatic nitrogens is 3. The number of Topliss-reactive ketones (excluding diaryl/α,β-unsaturated/α-hetero) is 1. The third kappa shape index (κ3) is 3.10. The number of rotatable bonds is 5. The van der Waals surface area contributed by atoms with Gasteiger partial charge in [0.1, 0.15) is 6.04 Å². The van der Waals surface area contributed by atoms with Gasteiger partial charge in [0.05, 0.1) is 5.69 Å². The Morgan fingerprint density at radius 2 is 1.92 bits per heavy atom. The van der Waals surface area contributed by atoms with Crippen molar-refractivity contribution in [2.75, 3.05) is 0 Å². The maximum absolute atomic E-state index is 12.1. The average molecular weight is 324 g/mol. The lowest BCUT2D eigenvalue weighted by atomic mass is 10.2. The van der Waals surface area contributed by atoms with Gasteiger partial charge >= 0.3 is 0 Å². The molecule has 0 aliphatic heterocycles. The van der Waals surface area contributed by atoms with Crippen LogP contribution in [0, 0.1) is 0 Å². The number of aryl methyl sites for hydroxylation is 1. The average Bonchev–Trinajstić information content (AvgIpc) is 3.24. The molecule has 1 amide bonds. The molecule has 7 heteroatoms. The summed E-state index contributed by atoms with van der Waals surface area (Å²) in [6.45, 7) is 1.68. The highest BCUT2D eigenvalue weighted by atomic mass is 16.5. The van der Waals surface area contributed by atoms with Crippen LogP contribution in [0.3, 0.4) is 0 Å². The molecular weight excluding hydrogens is 308 g/mol. The summed E-state index contributed by atoms with van der Waals surface area (Å²) in [7, 11) is 1.70. The first kappa shape index (κ1) is 15.7. The van der Waals surface area contributed by atoms with Crippen LogP contribution in [0.25, 0.3) is 11.4 Å². The molecule has 0 radical (unpaired) electrons. The molecule has 0 bridgehead atoms. The highest BCUT2D eigenvalue weighted by molar-refractivity contribution is 6.42. The van der Waals surface area contributed by atoms with E-state index in [4.69, 9.17) is 4.52 Å². The van der Waals surface area contributed by atoms with Gasteiger partial charge in [-0.25, -0.2) is 0 Å². The van der Waals surface area contributed by atoms with Gasteiger partial charge in [-0.15, -0.1) is 0 Å². The van der Waals surface area contributed by atoms with E-state index in [0.717, 1.165) is 5.56 Å². The molecule has 0 saturated carbocycles. The van der Waals surface area contributed by atoms with E-state index in [0.29, 0.717) is 11.5 Å². The van der Waals surface area contributed by atoms with Crippen LogP contribution in [0.15, 0.2) is 53.2 Å². The summed E-state index contributed by atoms with van der Waals surface area (Å²) in [5.41, 5.74) is 1.13. The zero-order chi connectivity index (χ0) is 17.1. The highest BCUT2D eigenvalue weighted by Gasteiger charge is 2.23. The lowest BCUT2D eigenvalue weighted by molar-refractivity contribution is -0.117. The number of hydrogen-bond acceptors (Lipinski definition) is 5. The van der Waals surface area contributed by atoms with Crippen molar-refractivity contribution in [2.45, 2.75) is 13.0 Å². The van der Waals surface area contributed by atoms with Crippen LogP contribution in [-0.4, -0.2) is 26.4 Å². The lowest BCUT2D eigenvalue weighted by Crippen LogP contribution is -2.34. The predicted octanol–water partition coefficient (Wildman–Crippen LogP) is 2.14. The minimum atomic E-state index is -0.719. The van der Waals surface area contributed by atoms with Gasteiger partial charge in [0, 0.05) is 18.8 Å². The number of benzene rings is 1. The fourth-order valence-corrected chi connectivity index (χ4v) is 2.25. The van der Waals surface area contributed by atoms with Crippen molar-refractivity contribution in [1.82, 2.24) is 20.0 Å². The number of hydrogen-bond donors (Lipinski definition) is 1. The van der Waals surface area contributed by atoms with Crippen molar-refractivity contribution < 1.29 is 14.1 Å². The normalized spacial score (nSPS) is 11.9. The van der Waals surface area contributed by atoms with Crippen LogP contribution in [0.5, 0.6) is 0 Å². The fraction of sp³-hybridized carbons (Fsp3) is 0.176. The summed E-state index contributed by atoms with van der Waals surface area (Å²) in [5, 5.41) is 6.48. The first-order valence-electron chi connectivity index (χ1n) is 7.42. The van der Waals surface area contributed by atoms with E-state index in [9.17, 15) is 9.59 Å². The van der Waals surface area contributed by atoms with Crippen molar-refractivity contribution in [3.05, 3.63) is 60.2 Å². The molecule has 0 fully saturated rings. The van der Waals surface area contributed by atoms with E-state index < -0.39 is 17.7 Å². The Morgan fingerprint density at radius 3 is 2.58 bits per heavy atom. The largest absolute Gasteiger partial charge is 0.348 e. The Bertz CT molecular complexity index is 867. The standard InChI is InChI=1S/C17H16N4O3/c1-11(18-16(23)14(22)13-9-6-10-21(13)2)17-19-15(20-24-17)12-7-4-3-5-8-12/h3-11H,1-2H3,(H,18,23). The quantitative estimate of drug-likeness (QED) is 0.573. The van der Waals surface area contributed by atoms with Gasteiger partial charge in [-0.2, -0.15) is 4.98 Å². The molecule has 1 unspecified atom stereocenters. The molecule has 1 N–H and O–H groups in total. The third-order valence-corrected chi connectivity index (χ3v) is 3.57. The molecule has 0 aliphatic rings. The molecule has 1 aromatic carbocycles. The second-order valence-corrected chi connectivity index (χ2v) is 5.35. The maximum atomic E-state index is 12.1. The Balaban J connectivity index is 1.70. The summed E-state index contributed by atoms with van der Waals surface area (Å²) in [6.07, 6.45) is 1.70. The van der Waals surface area contributed by atoms with Crippen LogP contribution in [0.2, 0.25) is 0 Å². The molecule has 2 aromatic heterocycles. The van der Waals surface area contributed by atoms with Gasteiger partial charge in [0.25, 0.3) is 11.7 Å². The summed E-state index contributed by atoms with van der Waals surface area (Å²) >= 11 is 0. The highest BCUT2D eigenvalue weighted by Crippen LogP contribution is 2.18. The van der Waals surface area contributed by atoms with Crippen molar-refractivity contribution in [1.29, 1.82) is 0 Å². The third-order valence-electron chi connectivity index (χ3n) is 3.57. The second kappa shape index (κ2) is 6.49. The smallest absolute Gasteiger partial charge is 0.294 e. The SMILES string of the molecule is CC(NC(=O)C(=O)c1cccn1C)c1nc(-c2ccccc2)no1. The number of nitrogens with zero attached hydrogens (tertiary/aromatic N) is 3. The first-order chi connectivity index (χ1) is 11.6. The van der Waals surface area contributed by atoms with Gasteiger partial charge in [0.15, 0.2) is 0 Å². The van der Waals surface area contributed by atoms with Crippen LogP contribution in [-0.2, 0) is 11.8 Å². The summed E-state index contributed by atoms with van der Waals surface area (Å²) in [5.74, 6) is -0.664. The Labute approximate surface area is 138 Å². The van der Waals surface area contributed by atoms with Gasteiger partial charge in [-0.3, -0.25) is 9.59 Å². The summed E-state index contributed by atoms with van der Waals surface area (Å²) < 4.78 is 6.77. The Kier molecular flexibility index (Phi) is 4.24. The van der Waals surface area contributed by atoms with Crippen LogP contribution < -0.4 is 5.32 Å². The molecule has 24 heavy (non-hydrogen) atoms. The summed E-state index contributed by atoms with van der Waals surface area (Å²) in [6, 6.07) is 12.1. The summed E-state index contributed by atoms with van der Waals surface area (Å²) in [4.78, 5) is 28.5. The maximum Gasteiger partial charge on any atom is 0.294 e. The van der Waals surface area contributed by atoms with Crippen LogP contribution in [0.4, 0.5) is 0 Å². The van der Waals surface area contributed by atoms with E-state index in [-0.39, 0.29) is 5.89 Å². The minimum Gasteiger partial charge on any atom is -0.348 e. The van der Waals surface area contributed by atoms with Crippen molar-refractivity contribution >= 4 is 11.7 Å². The van der Waals surface area contributed by atoms with Crippen LogP contribution in [0.1, 0.15) is 29.3 Å². The molecule has 0 saturated heterocycles. The number of ketones is 1. The molecule has 3 aromatic rings. The van der Waals surface area contributed by atoms with E-state index in [1.165, 1.54) is 0 Å².